The Kier molecular flexibility index (Phi) is 3.64. The van der Waals surface area contributed by atoms with Gasteiger partial charge in [0.05, 0.1) is 29.7 Å². The highest BCUT2D eigenvalue weighted by Gasteiger charge is 2.84. The van der Waals surface area contributed by atoms with Gasteiger partial charge in [0, 0.05) is 17.9 Å². The van der Waals surface area contributed by atoms with Crippen molar-refractivity contribution >= 4 is 5.97 Å². The first-order valence-electron chi connectivity index (χ1n) is 11.4. The maximum atomic E-state index is 12.3. The van der Waals surface area contributed by atoms with Gasteiger partial charge in [-0.2, -0.15) is 0 Å². The van der Waals surface area contributed by atoms with E-state index in [1.165, 1.54) is 19.3 Å². The third-order valence-electron chi connectivity index (χ3n) is 8.61. The topological polar surface area (TPSA) is 57.2 Å². The summed E-state index contributed by atoms with van der Waals surface area (Å²) in [5, 5.41) is 0. The van der Waals surface area contributed by atoms with Crippen LogP contribution < -0.4 is 0 Å². The van der Waals surface area contributed by atoms with Gasteiger partial charge in [0.15, 0.2) is 5.76 Å². The molecule has 6 nitrogen and oxygen atoms in total. The van der Waals surface area contributed by atoms with Gasteiger partial charge in [-0.1, -0.05) is 26.7 Å². The van der Waals surface area contributed by atoms with Crippen LogP contribution in [0.3, 0.4) is 0 Å². The van der Waals surface area contributed by atoms with Crippen molar-refractivity contribution in [3.05, 3.63) is 22.9 Å². The van der Waals surface area contributed by atoms with Crippen LogP contribution in [0.2, 0.25) is 0 Å². The van der Waals surface area contributed by atoms with E-state index in [2.05, 4.69) is 18.7 Å². The Morgan fingerprint density at radius 3 is 2.90 bits per heavy atom. The van der Waals surface area contributed by atoms with Gasteiger partial charge in [0.25, 0.3) is 0 Å². The number of unbranched alkanes of at least 4 members (excludes halogenated alkanes) is 1. The zero-order valence-corrected chi connectivity index (χ0v) is 17.8. The summed E-state index contributed by atoms with van der Waals surface area (Å²) < 4.78 is 25.1. The Labute approximate surface area is 172 Å². The number of hydrogen-bond donors (Lipinski definition) is 0. The van der Waals surface area contributed by atoms with Crippen molar-refractivity contribution in [2.24, 2.45) is 17.8 Å². The van der Waals surface area contributed by atoms with Crippen LogP contribution >= 0.6 is 0 Å². The standard InChI is InChI=1S/C23H31NO5/c1-5-7-9-22-15-8-10-24(22)14-11-16(22)28-23(15)17(14)12(3)19(29-23)20-18(26-6-2)13(4)21(25)27-20/h12,14-17H,5-11H2,1-4H3/b20-19+/t12-,14-,15+,16-,17+,22-,23+/m0/s1. The second-order valence-electron chi connectivity index (χ2n) is 9.65. The van der Waals surface area contributed by atoms with E-state index in [4.69, 9.17) is 18.9 Å². The summed E-state index contributed by atoms with van der Waals surface area (Å²) in [6.45, 7) is 9.81. The molecule has 5 saturated heterocycles. The molecule has 0 aromatic rings. The van der Waals surface area contributed by atoms with Crippen LogP contribution in [0.15, 0.2) is 22.9 Å². The zero-order chi connectivity index (χ0) is 20.1. The molecule has 8 atom stereocenters. The first-order valence-corrected chi connectivity index (χ1v) is 11.4. The number of allylic oxidation sites excluding steroid dienone is 1. The number of hydrogen-bond acceptors (Lipinski definition) is 6. The maximum Gasteiger partial charge on any atom is 0.343 e. The van der Waals surface area contributed by atoms with E-state index in [9.17, 15) is 4.79 Å². The third-order valence-corrected chi connectivity index (χ3v) is 8.61. The largest absolute Gasteiger partial charge is 0.489 e. The summed E-state index contributed by atoms with van der Waals surface area (Å²) in [5.41, 5.74) is 0.675. The first-order chi connectivity index (χ1) is 14.0. The van der Waals surface area contributed by atoms with E-state index in [1.807, 2.05) is 6.92 Å². The number of rotatable bonds is 5. The molecule has 6 aliphatic rings. The molecule has 5 fully saturated rings. The number of piperidine rings is 1. The lowest BCUT2D eigenvalue weighted by Crippen LogP contribution is -2.61. The normalized spacial score (nSPS) is 51.1. The lowest BCUT2D eigenvalue weighted by molar-refractivity contribution is -0.256. The molecule has 0 saturated carbocycles. The number of esters is 1. The van der Waals surface area contributed by atoms with Crippen LogP contribution in [-0.2, 0) is 23.7 Å². The number of fused-ring (bicyclic) bond motifs is 1. The van der Waals surface area contributed by atoms with Crippen molar-refractivity contribution in [1.29, 1.82) is 0 Å². The maximum absolute atomic E-state index is 12.3. The molecule has 0 aromatic carbocycles. The molecule has 0 N–H and O–H groups in total. The highest BCUT2D eigenvalue weighted by atomic mass is 16.7. The molecular formula is C23H31NO5. The van der Waals surface area contributed by atoms with Gasteiger partial charge in [0.1, 0.15) is 5.76 Å². The van der Waals surface area contributed by atoms with E-state index in [1.54, 1.807) is 6.92 Å². The predicted molar refractivity (Wildman–Crippen MR) is 104 cm³/mol. The van der Waals surface area contributed by atoms with Gasteiger partial charge in [-0.3, -0.25) is 4.90 Å². The monoisotopic (exact) mass is 401 g/mol. The molecule has 6 aliphatic heterocycles. The SMILES string of the molecule is CCCC[C@@]12[C@@H]3C[C@H]4[C@H]5[C@H](C)/C(=C6\OC(=O)C(C)=C6OCC)O[C@]5(O3)[C@@H]1CCN42. The van der Waals surface area contributed by atoms with Gasteiger partial charge in [-0.15, -0.1) is 0 Å². The van der Waals surface area contributed by atoms with E-state index < -0.39 is 5.79 Å². The molecule has 158 valence electrons. The van der Waals surface area contributed by atoms with Gasteiger partial charge in [-0.05, 0) is 39.7 Å². The molecule has 0 radical (unpaired) electrons. The van der Waals surface area contributed by atoms with Crippen LogP contribution in [0.1, 0.15) is 59.8 Å². The third kappa shape index (κ3) is 1.89. The van der Waals surface area contributed by atoms with E-state index >= 15 is 0 Å². The average Bonchev–Trinajstić information content (AvgIpc) is 3.41. The van der Waals surface area contributed by atoms with Crippen LogP contribution in [-0.4, -0.2) is 47.5 Å². The zero-order valence-electron chi connectivity index (χ0n) is 17.8. The molecule has 1 unspecified atom stereocenters. The number of carbonyl (C=O) groups is 1. The Morgan fingerprint density at radius 1 is 1.31 bits per heavy atom. The molecule has 5 bridgehead atoms. The van der Waals surface area contributed by atoms with Crippen molar-refractivity contribution in [2.75, 3.05) is 13.2 Å². The molecule has 6 rings (SSSR count). The molecule has 6 heterocycles. The van der Waals surface area contributed by atoms with E-state index in [-0.39, 0.29) is 29.4 Å². The molecule has 0 aliphatic carbocycles. The van der Waals surface area contributed by atoms with Crippen molar-refractivity contribution in [1.82, 2.24) is 4.90 Å². The van der Waals surface area contributed by atoms with Crippen LogP contribution in [0.25, 0.3) is 0 Å². The minimum Gasteiger partial charge on any atom is -0.489 e. The summed E-state index contributed by atoms with van der Waals surface area (Å²) in [5.74, 6) is 1.71. The van der Waals surface area contributed by atoms with E-state index in [0.29, 0.717) is 35.7 Å². The van der Waals surface area contributed by atoms with Crippen molar-refractivity contribution < 1.29 is 23.7 Å². The quantitative estimate of drug-likeness (QED) is 0.658. The second-order valence-corrected chi connectivity index (χ2v) is 9.65. The fourth-order valence-corrected chi connectivity index (χ4v) is 7.71. The van der Waals surface area contributed by atoms with E-state index in [0.717, 1.165) is 25.1 Å². The number of nitrogens with zero attached hydrogens (tertiary/aromatic N) is 1. The highest BCUT2D eigenvalue weighted by Crippen LogP contribution is 2.73. The molecular weight excluding hydrogens is 370 g/mol. The summed E-state index contributed by atoms with van der Waals surface area (Å²) in [7, 11) is 0. The van der Waals surface area contributed by atoms with Gasteiger partial charge in [0.2, 0.25) is 11.5 Å². The fraction of sp³-hybridized carbons (Fsp3) is 0.783. The van der Waals surface area contributed by atoms with Crippen LogP contribution in [0.4, 0.5) is 0 Å². The predicted octanol–water partition coefficient (Wildman–Crippen LogP) is 3.48. The minimum absolute atomic E-state index is 0.135. The van der Waals surface area contributed by atoms with Crippen molar-refractivity contribution in [2.45, 2.75) is 83.3 Å². The second kappa shape index (κ2) is 5.79. The Balaban J connectivity index is 1.45. The first kappa shape index (κ1) is 18.3. The summed E-state index contributed by atoms with van der Waals surface area (Å²) in [6, 6.07) is 0.496. The average molecular weight is 402 g/mol. The minimum atomic E-state index is -0.559. The molecule has 1 spiro atoms. The molecule has 0 amide bonds. The Hall–Kier alpha value is -1.53. The lowest BCUT2D eigenvalue weighted by Gasteiger charge is -2.48. The Morgan fingerprint density at radius 2 is 2.14 bits per heavy atom. The van der Waals surface area contributed by atoms with Crippen molar-refractivity contribution in [3.63, 3.8) is 0 Å². The lowest BCUT2D eigenvalue weighted by atomic mass is 9.69. The van der Waals surface area contributed by atoms with Gasteiger partial charge < -0.3 is 18.9 Å². The number of carbonyl (C=O) groups excluding carboxylic acids is 1. The fourth-order valence-electron chi connectivity index (χ4n) is 7.71. The molecule has 6 heteroatoms. The summed E-state index contributed by atoms with van der Waals surface area (Å²) >= 11 is 0. The van der Waals surface area contributed by atoms with Crippen LogP contribution in [0, 0.1) is 17.8 Å². The Bertz CT molecular complexity index is 848. The molecule has 29 heavy (non-hydrogen) atoms. The van der Waals surface area contributed by atoms with Gasteiger partial charge in [-0.25, -0.2) is 4.79 Å². The summed E-state index contributed by atoms with van der Waals surface area (Å²) in [6.07, 6.45) is 6.16. The number of cyclic esters (lactones) is 1. The van der Waals surface area contributed by atoms with Crippen LogP contribution in [0.5, 0.6) is 0 Å². The van der Waals surface area contributed by atoms with Gasteiger partial charge >= 0.3 is 5.97 Å². The highest BCUT2D eigenvalue weighted by molar-refractivity contribution is 5.93. The molecule has 0 aromatic heterocycles. The summed E-state index contributed by atoms with van der Waals surface area (Å²) in [4.78, 5) is 15.1. The van der Waals surface area contributed by atoms with Crippen molar-refractivity contribution in [3.8, 4) is 0 Å². The number of ether oxygens (including phenoxy) is 4. The smallest absolute Gasteiger partial charge is 0.343 e.